The lowest BCUT2D eigenvalue weighted by Gasteiger charge is -2.10. The summed E-state index contributed by atoms with van der Waals surface area (Å²) in [4.78, 5) is 28.5. The average molecular weight is 322 g/mol. The van der Waals surface area contributed by atoms with Gasteiger partial charge in [-0.1, -0.05) is 35.9 Å². The number of ether oxygens (including phenoxy) is 1. The monoisotopic (exact) mass is 322 g/mol. The van der Waals surface area contributed by atoms with Crippen LogP contribution >= 0.6 is 0 Å². The van der Waals surface area contributed by atoms with Crippen LogP contribution in [0.25, 0.3) is 22.2 Å². The highest BCUT2D eigenvalue weighted by Crippen LogP contribution is 2.23. The van der Waals surface area contributed by atoms with Crippen LogP contribution in [0.2, 0.25) is 0 Å². The molecule has 0 N–H and O–H groups in total. The van der Waals surface area contributed by atoms with E-state index in [0.717, 1.165) is 16.7 Å². The van der Waals surface area contributed by atoms with Crippen molar-refractivity contribution in [1.82, 2.24) is 9.55 Å². The molecule has 0 fully saturated rings. The lowest BCUT2D eigenvalue weighted by Crippen LogP contribution is -2.27. The van der Waals surface area contributed by atoms with Crippen LogP contribution in [0.15, 0.2) is 47.3 Å². The molecule has 3 rings (SSSR count). The van der Waals surface area contributed by atoms with E-state index >= 15 is 0 Å². The van der Waals surface area contributed by atoms with Gasteiger partial charge in [0.2, 0.25) is 5.69 Å². The Hall–Kier alpha value is -2.95. The summed E-state index contributed by atoms with van der Waals surface area (Å²) in [5.41, 5.74) is 3.84. The number of aryl methyl sites for hydroxylation is 2. The first-order valence-corrected chi connectivity index (χ1v) is 7.76. The van der Waals surface area contributed by atoms with E-state index in [1.807, 2.05) is 43.3 Å². The molecule has 1 aromatic heterocycles. The Morgan fingerprint density at radius 1 is 1.17 bits per heavy atom. The number of fused-ring (bicyclic) bond motifs is 1. The van der Waals surface area contributed by atoms with Gasteiger partial charge in [0.05, 0.1) is 17.6 Å². The van der Waals surface area contributed by atoms with Crippen molar-refractivity contribution in [3.05, 3.63) is 64.1 Å². The van der Waals surface area contributed by atoms with E-state index in [0.29, 0.717) is 11.0 Å². The maximum Gasteiger partial charge on any atom is 0.362 e. The number of nitrogens with zero attached hydrogens (tertiary/aromatic N) is 2. The molecule has 0 saturated heterocycles. The van der Waals surface area contributed by atoms with Crippen molar-refractivity contribution in [2.24, 2.45) is 7.05 Å². The number of esters is 1. The minimum absolute atomic E-state index is 0.185. The second-order valence-electron chi connectivity index (χ2n) is 5.62. The average Bonchev–Trinajstić information content (AvgIpc) is 2.58. The molecule has 3 aromatic rings. The third kappa shape index (κ3) is 2.80. The zero-order valence-corrected chi connectivity index (χ0v) is 13.9. The predicted molar refractivity (Wildman–Crippen MR) is 93.1 cm³/mol. The highest BCUT2D eigenvalue weighted by molar-refractivity contribution is 5.90. The summed E-state index contributed by atoms with van der Waals surface area (Å²) < 4.78 is 6.34. The van der Waals surface area contributed by atoms with Gasteiger partial charge in [-0.2, -0.15) is 0 Å². The molecule has 1 heterocycles. The Morgan fingerprint density at radius 2 is 1.92 bits per heavy atom. The maximum atomic E-state index is 12.4. The third-order valence-corrected chi connectivity index (χ3v) is 3.90. The zero-order chi connectivity index (χ0) is 17.3. The predicted octanol–water partition coefficient (Wildman–Crippen LogP) is 3.09. The van der Waals surface area contributed by atoms with Gasteiger partial charge in [-0.25, -0.2) is 9.78 Å². The normalized spacial score (nSPS) is 10.8. The van der Waals surface area contributed by atoms with Gasteiger partial charge in [0.25, 0.3) is 5.56 Å². The van der Waals surface area contributed by atoms with E-state index in [1.165, 1.54) is 4.57 Å². The van der Waals surface area contributed by atoms with E-state index in [4.69, 9.17) is 4.74 Å². The second kappa shape index (κ2) is 6.28. The van der Waals surface area contributed by atoms with Crippen molar-refractivity contribution >= 4 is 17.0 Å². The van der Waals surface area contributed by atoms with Crippen LogP contribution in [0, 0.1) is 6.92 Å². The highest BCUT2D eigenvalue weighted by Gasteiger charge is 2.17. The van der Waals surface area contributed by atoms with Crippen molar-refractivity contribution < 1.29 is 9.53 Å². The van der Waals surface area contributed by atoms with Gasteiger partial charge in [0.15, 0.2) is 0 Å². The summed E-state index contributed by atoms with van der Waals surface area (Å²) in [6, 6.07) is 13.8. The molecule has 0 unspecified atom stereocenters. The highest BCUT2D eigenvalue weighted by atomic mass is 16.5. The Balaban J connectivity index is 2.18. The van der Waals surface area contributed by atoms with E-state index in [1.54, 1.807) is 14.0 Å². The molecule has 0 aliphatic rings. The molecule has 0 bridgehead atoms. The summed E-state index contributed by atoms with van der Waals surface area (Å²) in [5, 5.41) is 0. The van der Waals surface area contributed by atoms with Crippen LogP contribution in [0.5, 0.6) is 0 Å². The van der Waals surface area contributed by atoms with Crippen LogP contribution in [0.3, 0.4) is 0 Å². The molecule has 24 heavy (non-hydrogen) atoms. The van der Waals surface area contributed by atoms with Crippen molar-refractivity contribution in [2.45, 2.75) is 13.8 Å². The Labute approximate surface area is 139 Å². The number of hydrogen-bond acceptors (Lipinski definition) is 4. The van der Waals surface area contributed by atoms with Crippen LogP contribution in [-0.4, -0.2) is 22.1 Å². The van der Waals surface area contributed by atoms with Crippen molar-refractivity contribution in [1.29, 1.82) is 0 Å². The van der Waals surface area contributed by atoms with Gasteiger partial charge in [0.1, 0.15) is 0 Å². The summed E-state index contributed by atoms with van der Waals surface area (Å²) in [6.45, 7) is 3.93. The summed E-state index contributed by atoms with van der Waals surface area (Å²) in [6.07, 6.45) is 0. The van der Waals surface area contributed by atoms with Gasteiger partial charge >= 0.3 is 5.97 Å². The molecule has 5 nitrogen and oxygen atoms in total. The van der Waals surface area contributed by atoms with E-state index in [9.17, 15) is 9.59 Å². The molecule has 0 aliphatic heterocycles. The van der Waals surface area contributed by atoms with Crippen molar-refractivity contribution in [3.8, 4) is 11.1 Å². The third-order valence-electron chi connectivity index (χ3n) is 3.90. The molecule has 0 saturated carbocycles. The number of rotatable bonds is 3. The Kier molecular flexibility index (Phi) is 4.16. The lowest BCUT2D eigenvalue weighted by atomic mass is 10.0. The first-order valence-electron chi connectivity index (χ1n) is 7.76. The Bertz CT molecular complexity index is 990. The smallest absolute Gasteiger partial charge is 0.362 e. The SMILES string of the molecule is CCOC(=O)c1nc2ccc(-c3cccc(C)c3)cc2n(C)c1=O. The van der Waals surface area contributed by atoms with Crippen LogP contribution in [0.4, 0.5) is 0 Å². The molecular formula is C19H18N2O3. The lowest BCUT2D eigenvalue weighted by molar-refractivity contribution is 0.0517. The van der Waals surface area contributed by atoms with Crippen molar-refractivity contribution in [2.75, 3.05) is 6.61 Å². The van der Waals surface area contributed by atoms with E-state index in [-0.39, 0.29) is 12.3 Å². The molecule has 0 atom stereocenters. The molecule has 0 radical (unpaired) electrons. The first-order chi connectivity index (χ1) is 11.5. The maximum absolute atomic E-state index is 12.4. The molecule has 5 heteroatoms. The Morgan fingerprint density at radius 3 is 2.62 bits per heavy atom. The van der Waals surface area contributed by atoms with Crippen LogP contribution in [0.1, 0.15) is 23.0 Å². The van der Waals surface area contributed by atoms with Crippen LogP contribution in [-0.2, 0) is 11.8 Å². The quantitative estimate of drug-likeness (QED) is 0.695. The zero-order valence-electron chi connectivity index (χ0n) is 13.9. The van der Waals surface area contributed by atoms with Crippen molar-refractivity contribution in [3.63, 3.8) is 0 Å². The largest absolute Gasteiger partial charge is 0.461 e. The number of carbonyl (C=O) groups is 1. The topological polar surface area (TPSA) is 61.2 Å². The number of benzene rings is 2. The molecule has 0 aliphatic carbocycles. The van der Waals surface area contributed by atoms with Gasteiger partial charge in [0, 0.05) is 7.05 Å². The van der Waals surface area contributed by atoms with Gasteiger partial charge in [-0.05, 0) is 37.1 Å². The standard InChI is InChI=1S/C19H18N2O3/c1-4-24-19(23)17-18(22)21(3)16-11-14(8-9-15(16)20-17)13-7-5-6-12(2)10-13/h5-11H,4H2,1-3H3. The van der Waals surface area contributed by atoms with Gasteiger partial charge in [-0.3, -0.25) is 4.79 Å². The molecule has 0 spiro atoms. The van der Waals surface area contributed by atoms with Crippen LogP contribution < -0.4 is 5.56 Å². The van der Waals surface area contributed by atoms with Gasteiger partial charge < -0.3 is 9.30 Å². The summed E-state index contributed by atoms with van der Waals surface area (Å²) in [5.74, 6) is -0.692. The minimum Gasteiger partial charge on any atom is -0.461 e. The van der Waals surface area contributed by atoms with E-state index < -0.39 is 11.5 Å². The summed E-state index contributed by atoms with van der Waals surface area (Å²) >= 11 is 0. The first kappa shape index (κ1) is 15.9. The molecule has 0 amide bonds. The number of hydrogen-bond donors (Lipinski definition) is 0. The number of aromatic nitrogens is 2. The second-order valence-corrected chi connectivity index (χ2v) is 5.62. The molecule has 122 valence electrons. The number of carbonyl (C=O) groups excluding carboxylic acids is 1. The minimum atomic E-state index is -0.692. The fourth-order valence-electron chi connectivity index (χ4n) is 2.66. The molecular weight excluding hydrogens is 304 g/mol. The molecule has 2 aromatic carbocycles. The fourth-order valence-corrected chi connectivity index (χ4v) is 2.66. The fraction of sp³-hybridized carbons (Fsp3) is 0.211. The van der Waals surface area contributed by atoms with E-state index in [2.05, 4.69) is 11.1 Å². The van der Waals surface area contributed by atoms with Gasteiger partial charge in [-0.15, -0.1) is 0 Å². The summed E-state index contributed by atoms with van der Waals surface area (Å²) in [7, 11) is 1.63.